The summed E-state index contributed by atoms with van der Waals surface area (Å²) in [6.45, 7) is 2.54. The molecular formula is C22H27ClN4O3S. The highest BCUT2D eigenvalue weighted by Gasteiger charge is 2.25. The number of rotatable bonds is 6. The molecule has 2 aromatic rings. The van der Waals surface area contributed by atoms with E-state index >= 15 is 0 Å². The number of hydrogen-bond acceptors (Lipinski definition) is 6. The Morgan fingerprint density at radius 1 is 1.23 bits per heavy atom. The Labute approximate surface area is 188 Å². The van der Waals surface area contributed by atoms with E-state index in [0.29, 0.717) is 0 Å². The molecule has 9 heteroatoms. The lowest BCUT2D eigenvalue weighted by Crippen LogP contribution is -2.33. The standard InChI is InChI=1S/C22H27ClN4O3S/c1-16(11-13-31(2,29)30)26-22(28)21-24-14-17(15-25-21)27-12-7-3-4-10-20(27)18-8-5-6-9-19(18)23/h5-6,8-9,11,13-16,20H,3-4,7,10,12H2,1-2H3,(H,26,28)/b13-11+/t16-,20?/m1/s1. The van der Waals surface area contributed by atoms with E-state index in [-0.39, 0.29) is 11.9 Å². The molecule has 1 N–H and O–H groups in total. The van der Waals surface area contributed by atoms with E-state index in [1.54, 1.807) is 19.3 Å². The smallest absolute Gasteiger partial charge is 0.289 e. The largest absolute Gasteiger partial charge is 0.362 e. The first-order chi connectivity index (χ1) is 14.7. The van der Waals surface area contributed by atoms with Crippen LogP contribution < -0.4 is 10.2 Å². The monoisotopic (exact) mass is 462 g/mol. The average Bonchev–Trinajstić information content (AvgIpc) is 2.98. The molecule has 0 spiro atoms. The summed E-state index contributed by atoms with van der Waals surface area (Å²) < 4.78 is 22.4. The Kier molecular flexibility index (Phi) is 7.67. The SMILES string of the molecule is C[C@H](/C=C/S(C)(=O)=O)NC(=O)c1ncc(N2CCCCCC2c2ccccc2Cl)cn1. The third kappa shape index (κ3) is 6.51. The van der Waals surface area contributed by atoms with Crippen molar-refractivity contribution >= 4 is 33.0 Å². The molecule has 1 saturated heterocycles. The summed E-state index contributed by atoms with van der Waals surface area (Å²) in [6.07, 6.45) is 10.1. The van der Waals surface area contributed by atoms with E-state index in [2.05, 4.69) is 26.3 Å². The number of halogens is 1. The predicted octanol–water partition coefficient (Wildman–Crippen LogP) is 3.93. The molecule has 7 nitrogen and oxygen atoms in total. The van der Waals surface area contributed by atoms with Gasteiger partial charge >= 0.3 is 0 Å². The molecule has 1 fully saturated rings. The first-order valence-corrected chi connectivity index (χ1v) is 12.6. The topological polar surface area (TPSA) is 92.3 Å². The number of sulfone groups is 1. The lowest BCUT2D eigenvalue weighted by Gasteiger charge is -2.32. The second kappa shape index (κ2) is 10.2. The summed E-state index contributed by atoms with van der Waals surface area (Å²) in [6, 6.07) is 7.53. The molecule has 1 amide bonds. The van der Waals surface area contributed by atoms with E-state index < -0.39 is 21.8 Å². The number of hydrogen-bond donors (Lipinski definition) is 1. The Morgan fingerprint density at radius 2 is 1.94 bits per heavy atom. The summed E-state index contributed by atoms with van der Waals surface area (Å²) in [4.78, 5) is 23.2. The molecule has 3 rings (SSSR count). The fourth-order valence-electron chi connectivity index (χ4n) is 3.65. The van der Waals surface area contributed by atoms with Crippen molar-refractivity contribution in [1.29, 1.82) is 0 Å². The van der Waals surface area contributed by atoms with Crippen molar-refractivity contribution in [2.24, 2.45) is 0 Å². The summed E-state index contributed by atoms with van der Waals surface area (Å²) >= 11 is 6.48. The van der Waals surface area contributed by atoms with E-state index in [9.17, 15) is 13.2 Å². The minimum absolute atomic E-state index is 0.0347. The Hall–Kier alpha value is -2.45. The molecule has 1 aromatic carbocycles. The van der Waals surface area contributed by atoms with Crippen LogP contribution in [0.4, 0.5) is 5.69 Å². The van der Waals surface area contributed by atoms with Crippen LogP contribution in [-0.4, -0.2) is 43.1 Å². The molecule has 1 aliphatic rings. The zero-order chi connectivity index (χ0) is 22.4. The van der Waals surface area contributed by atoms with Gasteiger partial charge in [0, 0.05) is 29.3 Å². The second-order valence-electron chi connectivity index (χ2n) is 7.77. The van der Waals surface area contributed by atoms with Crippen molar-refractivity contribution in [3.63, 3.8) is 0 Å². The lowest BCUT2D eigenvalue weighted by atomic mass is 10.0. The van der Waals surface area contributed by atoms with Crippen molar-refractivity contribution in [2.45, 2.75) is 44.7 Å². The molecule has 2 heterocycles. The van der Waals surface area contributed by atoms with Crippen molar-refractivity contribution in [3.8, 4) is 0 Å². The number of carbonyl (C=O) groups excluding carboxylic acids is 1. The van der Waals surface area contributed by atoms with Crippen LogP contribution in [0, 0.1) is 0 Å². The van der Waals surface area contributed by atoms with Crippen LogP contribution in [0.25, 0.3) is 0 Å². The van der Waals surface area contributed by atoms with Gasteiger partial charge in [-0.1, -0.05) is 48.7 Å². The van der Waals surface area contributed by atoms with Crippen molar-refractivity contribution in [1.82, 2.24) is 15.3 Å². The molecule has 166 valence electrons. The van der Waals surface area contributed by atoms with Crippen LogP contribution in [0.15, 0.2) is 48.1 Å². The number of amides is 1. The third-order valence-corrected chi connectivity index (χ3v) is 6.16. The number of nitrogens with zero attached hydrogens (tertiary/aromatic N) is 3. The molecular weight excluding hydrogens is 436 g/mol. The van der Waals surface area contributed by atoms with E-state index in [1.807, 2.05) is 18.2 Å². The molecule has 1 aromatic heterocycles. The van der Waals surface area contributed by atoms with Gasteiger partial charge in [0.25, 0.3) is 5.91 Å². The molecule has 1 aliphatic heterocycles. The normalized spacial score (nSPS) is 18.5. The van der Waals surface area contributed by atoms with Gasteiger partial charge in [-0.15, -0.1) is 0 Å². The highest BCUT2D eigenvalue weighted by Crippen LogP contribution is 2.36. The van der Waals surface area contributed by atoms with Crippen LogP contribution in [0.2, 0.25) is 5.02 Å². The van der Waals surface area contributed by atoms with E-state index in [1.165, 1.54) is 6.08 Å². The van der Waals surface area contributed by atoms with E-state index in [0.717, 1.165) is 60.2 Å². The van der Waals surface area contributed by atoms with Gasteiger partial charge in [-0.3, -0.25) is 4.79 Å². The van der Waals surface area contributed by atoms with Crippen LogP contribution >= 0.6 is 11.6 Å². The van der Waals surface area contributed by atoms with Crippen molar-refractivity contribution in [2.75, 3.05) is 17.7 Å². The number of benzene rings is 1. The number of anilines is 1. The Balaban J connectivity index is 1.76. The summed E-state index contributed by atoms with van der Waals surface area (Å²) in [7, 11) is -3.25. The quantitative estimate of drug-likeness (QED) is 0.699. The Bertz CT molecular complexity index is 1040. The lowest BCUT2D eigenvalue weighted by molar-refractivity contribution is 0.0936. The zero-order valence-electron chi connectivity index (χ0n) is 17.7. The van der Waals surface area contributed by atoms with Gasteiger partial charge in [0.05, 0.1) is 24.1 Å². The van der Waals surface area contributed by atoms with Crippen LogP contribution in [0.1, 0.15) is 54.8 Å². The predicted molar refractivity (Wildman–Crippen MR) is 123 cm³/mol. The molecule has 0 radical (unpaired) electrons. The highest BCUT2D eigenvalue weighted by atomic mass is 35.5. The van der Waals surface area contributed by atoms with Gasteiger partial charge < -0.3 is 10.2 Å². The number of carbonyl (C=O) groups is 1. The zero-order valence-corrected chi connectivity index (χ0v) is 19.2. The first-order valence-electron chi connectivity index (χ1n) is 10.3. The van der Waals surface area contributed by atoms with Gasteiger partial charge in [0.2, 0.25) is 5.82 Å². The van der Waals surface area contributed by atoms with E-state index in [4.69, 9.17) is 11.6 Å². The molecule has 2 atom stereocenters. The van der Waals surface area contributed by atoms with Gasteiger partial charge in [-0.05, 0) is 31.4 Å². The molecule has 0 saturated carbocycles. The van der Waals surface area contributed by atoms with Crippen LogP contribution in [0.5, 0.6) is 0 Å². The molecule has 31 heavy (non-hydrogen) atoms. The maximum atomic E-state index is 12.4. The highest BCUT2D eigenvalue weighted by molar-refractivity contribution is 7.93. The first kappa shape index (κ1) is 23.2. The summed E-state index contributed by atoms with van der Waals surface area (Å²) in [5.41, 5.74) is 1.92. The van der Waals surface area contributed by atoms with Crippen molar-refractivity contribution in [3.05, 3.63) is 64.6 Å². The third-order valence-electron chi connectivity index (χ3n) is 5.16. The fraction of sp³-hybridized carbons (Fsp3) is 0.409. The van der Waals surface area contributed by atoms with Gasteiger partial charge in [0.15, 0.2) is 9.84 Å². The maximum Gasteiger partial charge on any atom is 0.289 e. The number of nitrogens with one attached hydrogen (secondary N) is 1. The van der Waals surface area contributed by atoms with Crippen molar-refractivity contribution < 1.29 is 13.2 Å². The van der Waals surface area contributed by atoms with Gasteiger partial charge in [0.1, 0.15) is 0 Å². The fourth-order valence-corrected chi connectivity index (χ4v) is 4.44. The van der Waals surface area contributed by atoms with Gasteiger partial charge in [-0.25, -0.2) is 18.4 Å². The van der Waals surface area contributed by atoms with Gasteiger partial charge in [-0.2, -0.15) is 0 Å². The average molecular weight is 463 g/mol. The summed E-state index contributed by atoms with van der Waals surface area (Å²) in [5, 5.41) is 4.48. The minimum atomic E-state index is -3.25. The maximum absolute atomic E-state index is 12.4. The summed E-state index contributed by atoms with van der Waals surface area (Å²) in [5.74, 6) is -0.428. The molecule has 0 bridgehead atoms. The number of aromatic nitrogens is 2. The second-order valence-corrected chi connectivity index (χ2v) is 10.1. The van der Waals surface area contributed by atoms with Crippen LogP contribution in [0.3, 0.4) is 0 Å². The Morgan fingerprint density at radius 3 is 2.61 bits per heavy atom. The molecule has 1 unspecified atom stereocenters. The molecule has 0 aliphatic carbocycles. The minimum Gasteiger partial charge on any atom is -0.362 e. The van der Waals surface area contributed by atoms with Crippen LogP contribution in [-0.2, 0) is 9.84 Å².